The van der Waals surface area contributed by atoms with Gasteiger partial charge in [-0.05, 0) is 69.4 Å². The maximum Gasteiger partial charge on any atom is 0.244 e. The molecule has 3 rings (SSSR count). The normalized spacial score (nSPS) is 20.0. The second kappa shape index (κ2) is 5.79. The number of rotatable bonds is 3. The van der Waals surface area contributed by atoms with Crippen LogP contribution in [0.1, 0.15) is 24.4 Å². The first kappa shape index (κ1) is 15.1. The maximum atomic E-state index is 13.2. The van der Waals surface area contributed by atoms with Crippen molar-refractivity contribution in [2.24, 2.45) is 0 Å². The standard InChI is InChI=1S/C14H13BrFNO2S2/c15-12-8-11(16)3-4-14(12)21(18,19)17-6-1-2-13(17)10-5-7-20-9-10/h3-5,7-9,13H,1-2,6H2. The van der Waals surface area contributed by atoms with E-state index in [0.717, 1.165) is 18.4 Å². The molecule has 0 aliphatic carbocycles. The van der Waals surface area contributed by atoms with Gasteiger partial charge in [0.2, 0.25) is 10.0 Å². The van der Waals surface area contributed by atoms with E-state index in [-0.39, 0.29) is 15.4 Å². The summed E-state index contributed by atoms with van der Waals surface area (Å²) in [5, 5.41) is 3.93. The second-order valence-electron chi connectivity index (χ2n) is 4.91. The van der Waals surface area contributed by atoms with E-state index in [9.17, 15) is 12.8 Å². The Balaban J connectivity index is 2.01. The molecule has 2 aromatic rings. The lowest BCUT2D eigenvalue weighted by Crippen LogP contribution is -2.30. The van der Waals surface area contributed by atoms with Gasteiger partial charge in [-0.2, -0.15) is 15.6 Å². The highest BCUT2D eigenvalue weighted by Gasteiger charge is 2.37. The molecule has 1 fully saturated rings. The summed E-state index contributed by atoms with van der Waals surface area (Å²) in [7, 11) is -3.64. The van der Waals surface area contributed by atoms with E-state index in [1.165, 1.54) is 22.5 Å². The molecule has 1 atom stereocenters. The zero-order chi connectivity index (χ0) is 15.0. The van der Waals surface area contributed by atoms with E-state index < -0.39 is 15.8 Å². The van der Waals surface area contributed by atoms with Crippen LogP contribution in [0.25, 0.3) is 0 Å². The Labute approximate surface area is 135 Å². The molecule has 1 aromatic heterocycles. The monoisotopic (exact) mass is 389 g/mol. The van der Waals surface area contributed by atoms with Crippen LogP contribution in [0.4, 0.5) is 4.39 Å². The minimum atomic E-state index is -3.64. The number of nitrogens with zero attached hydrogens (tertiary/aromatic N) is 1. The van der Waals surface area contributed by atoms with Gasteiger partial charge in [-0.25, -0.2) is 12.8 Å². The van der Waals surface area contributed by atoms with E-state index >= 15 is 0 Å². The number of benzene rings is 1. The molecular formula is C14H13BrFNO2S2. The van der Waals surface area contributed by atoms with Crippen molar-refractivity contribution in [1.29, 1.82) is 0 Å². The van der Waals surface area contributed by atoms with Crippen LogP contribution < -0.4 is 0 Å². The predicted octanol–water partition coefficient (Wildman–Crippen LogP) is 4.18. The molecule has 1 saturated heterocycles. The number of sulfonamides is 1. The van der Waals surface area contributed by atoms with Crippen LogP contribution in [0, 0.1) is 5.82 Å². The largest absolute Gasteiger partial charge is 0.244 e. The molecule has 112 valence electrons. The van der Waals surface area contributed by atoms with Gasteiger partial charge in [0.1, 0.15) is 5.82 Å². The van der Waals surface area contributed by atoms with Crippen molar-refractivity contribution in [2.45, 2.75) is 23.8 Å². The van der Waals surface area contributed by atoms with Gasteiger partial charge in [0.25, 0.3) is 0 Å². The fraction of sp³-hybridized carbons (Fsp3) is 0.286. The molecule has 2 heterocycles. The smallest absolute Gasteiger partial charge is 0.207 e. The molecule has 0 saturated carbocycles. The molecule has 1 aliphatic heterocycles. The minimum Gasteiger partial charge on any atom is -0.207 e. The molecule has 7 heteroatoms. The second-order valence-corrected chi connectivity index (χ2v) is 8.40. The van der Waals surface area contributed by atoms with E-state index in [0.29, 0.717) is 6.54 Å². The number of hydrogen-bond donors (Lipinski definition) is 0. The Morgan fingerprint density at radius 3 is 2.81 bits per heavy atom. The fourth-order valence-electron chi connectivity index (χ4n) is 2.64. The third-order valence-corrected chi connectivity index (χ3v) is 7.20. The van der Waals surface area contributed by atoms with Crippen molar-refractivity contribution in [1.82, 2.24) is 4.31 Å². The van der Waals surface area contributed by atoms with Gasteiger partial charge in [0, 0.05) is 11.0 Å². The van der Waals surface area contributed by atoms with Gasteiger partial charge in [-0.15, -0.1) is 0 Å². The average Bonchev–Trinajstić information content (AvgIpc) is 3.09. The zero-order valence-electron chi connectivity index (χ0n) is 11.0. The lowest BCUT2D eigenvalue weighted by molar-refractivity contribution is 0.397. The van der Waals surface area contributed by atoms with Crippen molar-refractivity contribution in [3.8, 4) is 0 Å². The zero-order valence-corrected chi connectivity index (χ0v) is 14.2. The Morgan fingerprint density at radius 1 is 1.33 bits per heavy atom. The number of halogens is 2. The summed E-state index contributed by atoms with van der Waals surface area (Å²) < 4.78 is 40.7. The SMILES string of the molecule is O=S(=O)(c1ccc(F)cc1Br)N1CCCC1c1ccsc1. The van der Waals surface area contributed by atoms with Crippen molar-refractivity contribution in [3.05, 3.63) is 50.9 Å². The summed E-state index contributed by atoms with van der Waals surface area (Å²) in [5.41, 5.74) is 1.03. The van der Waals surface area contributed by atoms with Crippen LogP contribution in [0.15, 0.2) is 44.4 Å². The lowest BCUT2D eigenvalue weighted by atomic mass is 10.1. The molecule has 21 heavy (non-hydrogen) atoms. The van der Waals surface area contributed by atoms with Gasteiger partial charge in [-0.3, -0.25) is 0 Å². The highest BCUT2D eigenvalue weighted by Crippen LogP contribution is 2.38. The first-order chi connectivity index (χ1) is 10.00. The van der Waals surface area contributed by atoms with Gasteiger partial charge in [-0.1, -0.05) is 0 Å². The number of thiophene rings is 1. The maximum absolute atomic E-state index is 13.2. The third kappa shape index (κ3) is 2.79. The Morgan fingerprint density at radius 2 is 2.14 bits per heavy atom. The molecule has 0 amide bonds. The quantitative estimate of drug-likeness (QED) is 0.789. The van der Waals surface area contributed by atoms with Crippen molar-refractivity contribution >= 4 is 37.3 Å². The third-order valence-electron chi connectivity index (χ3n) is 3.61. The van der Waals surface area contributed by atoms with Crippen molar-refractivity contribution in [2.75, 3.05) is 6.54 Å². The molecule has 3 nitrogen and oxygen atoms in total. The van der Waals surface area contributed by atoms with Crippen LogP contribution >= 0.6 is 27.3 Å². The van der Waals surface area contributed by atoms with E-state index in [2.05, 4.69) is 15.9 Å². The summed E-state index contributed by atoms with van der Waals surface area (Å²) in [6, 6.07) is 5.51. The molecule has 1 aromatic carbocycles. The Bertz CT molecular complexity index is 746. The van der Waals surface area contributed by atoms with Crippen molar-refractivity contribution in [3.63, 3.8) is 0 Å². The Kier molecular flexibility index (Phi) is 4.18. The first-order valence-electron chi connectivity index (χ1n) is 6.49. The summed E-state index contributed by atoms with van der Waals surface area (Å²) in [6.45, 7) is 0.493. The highest BCUT2D eigenvalue weighted by atomic mass is 79.9. The molecule has 1 unspecified atom stereocenters. The average molecular weight is 390 g/mol. The van der Waals surface area contributed by atoms with Crippen LogP contribution in [0.5, 0.6) is 0 Å². The molecule has 0 spiro atoms. The highest BCUT2D eigenvalue weighted by molar-refractivity contribution is 9.10. The molecule has 0 N–H and O–H groups in total. The van der Waals surface area contributed by atoms with Crippen LogP contribution in [-0.4, -0.2) is 19.3 Å². The van der Waals surface area contributed by atoms with Gasteiger partial charge >= 0.3 is 0 Å². The fourth-order valence-corrected chi connectivity index (χ4v) is 6.04. The van der Waals surface area contributed by atoms with Crippen LogP contribution in [0.2, 0.25) is 0 Å². The molecular weight excluding hydrogens is 377 g/mol. The molecule has 0 bridgehead atoms. The van der Waals surface area contributed by atoms with Crippen LogP contribution in [0.3, 0.4) is 0 Å². The van der Waals surface area contributed by atoms with Gasteiger partial charge in [0.05, 0.1) is 10.9 Å². The van der Waals surface area contributed by atoms with Crippen molar-refractivity contribution < 1.29 is 12.8 Å². The summed E-state index contributed by atoms with van der Waals surface area (Å²) in [6.07, 6.45) is 1.65. The predicted molar refractivity (Wildman–Crippen MR) is 84.3 cm³/mol. The Hall–Kier alpha value is -0.760. The lowest BCUT2D eigenvalue weighted by Gasteiger charge is -2.24. The summed E-state index contributed by atoms with van der Waals surface area (Å²) in [5.74, 6) is -0.461. The minimum absolute atomic E-state index is 0.117. The van der Waals surface area contributed by atoms with E-state index in [1.807, 2.05) is 16.8 Å². The summed E-state index contributed by atoms with van der Waals surface area (Å²) in [4.78, 5) is 0.117. The number of hydrogen-bond acceptors (Lipinski definition) is 3. The van der Waals surface area contributed by atoms with Crippen LogP contribution in [-0.2, 0) is 10.0 Å². The van der Waals surface area contributed by atoms with E-state index in [4.69, 9.17) is 0 Å². The summed E-state index contributed by atoms with van der Waals surface area (Å²) >= 11 is 4.71. The molecule has 0 radical (unpaired) electrons. The van der Waals surface area contributed by atoms with Gasteiger partial charge in [0.15, 0.2) is 0 Å². The van der Waals surface area contributed by atoms with Gasteiger partial charge < -0.3 is 0 Å². The first-order valence-corrected chi connectivity index (χ1v) is 9.67. The topological polar surface area (TPSA) is 37.4 Å². The van der Waals surface area contributed by atoms with E-state index in [1.54, 1.807) is 11.3 Å². The molecule has 1 aliphatic rings.